The van der Waals surface area contributed by atoms with Gasteiger partial charge in [-0.15, -0.1) is 0 Å². The molecular weight excluding hydrogens is 185 g/mol. The normalized spacial score (nSPS) is 9.86. The Hall–Kier alpha value is -1.42. The summed E-state index contributed by atoms with van der Waals surface area (Å²) in [6.45, 7) is 0.663. The SMILES string of the molecule is COCc1cc(F)ccc1CN[C]=O. The van der Waals surface area contributed by atoms with E-state index >= 15 is 0 Å². The molecular formula is C10H11FNO2. The molecule has 1 rings (SSSR count). The van der Waals surface area contributed by atoms with Crippen molar-refractivity contribution in [1.29, 1.82) is 0 Å². The zero-order chi connectivity index (χ0) is 10.4. The van der Waals surface area contributed by atoms with Crippen LogP contribution in [0.3, 0.4) is 0 Å². The second-order valence-electron chi connectivity index (χ2n) is 2.80. The third kappa shape index (κ3) is 2.81. The summed E-state index contributed by atoms with van der Waals surface area (Å²) in [7, 11) is 1.54. The summed E-state index contributed by atoms with van der Waals surface area (Å²) in [5.74, 6) is -0.309. The van der Waals surface area contributed by atoms with Crippen LogP contribution in [0.2, 0.25) is 0 Å². The maximum absolute atomic E-state index is 12.8. The molecule has 1 aromatic carbocycles. The standard InChI is InChI=1S/C10H11FNO2/c1-14-6-9-4-10(11)3-2-8(9)5-12-7-13/h2-4H,5-6H2,1H3,(H,12,13). The molecule has 0 aliphatic rings. The molecule has 3 nitrogen and oxygen atoms in total. The minimum Gasteiger partial charge on any atom is -0.380 e. The van der Waals surface area contributed by atoms with Crippen LogP contribution >= 0.6 is 0 Å². The van der Waals surface area contributed by atoms with Gasteiger partial charge in [-0.2, -0.15) is 0 Å². The van der Waals surface area contributed by atoms with Crippen LogP contribution in [0, 0.1) is 5.82 Å². The molecule has 0 aromatic heterocycles. The zero-order valence-electron chi connectivity index (χ0n) is 7.84. The number of benzene rings is 1. The van der Waals surface area contributed by atoms with E-state index in [1.807, 2.05) is 0 Å². The average Bonchev–Trinajstić information content (AvgIpc) is 2.17. The highest BCUT2D eigenvalue weighted by atomic mass is 19.1. The van der Waals surface area contributed by atoms with E-state index in [2.05, 4.69) is 5.32 Å². The van der Waals surface area contributed by atoms with Crippen molar-refractivity contribution in [1.82, 2.24) is 5.32 Å². The molecule has 0 spiro atoms. The second kappa shape index (κ2) is 5.34. The predicted octanol–water partition coefficient (Wildman–Crippen LogP) is 1.13. The smallest absolute Gasteiger partial charge is 0.309 e. The van der Waals surface area contributed by atoms with Gasteiger partial charge in [0, 0.05) is 13.7 Å². The first kappa shape index (κ1) is 10.7. The van der Waals surface area contributed by atoms with E-state index < -0.39 is 0 Å². The van der Waals surface area contributed by atoms with Crippen LogP contribution in [0.4, 0.5) is 4.39 Å². The van der Waals surface area contributed by atoms with Crippen LogP contribution in [0.1, 0.15) is 11.1 Å². The van der Waals surface area contributed by atoms with E-state index in [-0.39, 0.29) is 5.82 Å². The first-order valence-electron chi connectivity index (χ1n) is 4.14. The number of carbonyl (C=O) groups excluding carboxylic acids is 1. The fourth-order valence-electron chi connectivity index (χ4n) is 1.19. The Bertz CT molecular complexity index is 315. The van der Waals surface area contributed by atoms with Gasteiger partial charge in [0.1, 0.15) is 5.82 Å². The molecule has 1 amide bonds. The number of methoxy groups -OCH3 is 1. The minimum atomic E-state index is -0.309. The molecule has 1 radical (unpaired) electrons. The summed E-state index contributed by atoms with van der Waals surface area (Å²) in [5.41, 5.74) is 1.56. The molecule has 0 aliphatic heterocycles. The van der Waals surface area contributed by atoms with Crippen molar-refractivity contribution in [3.8, 4) is 0 Å². The molecule has 1 N–H and O–H groups in total. The number of halogens is 1. The Morgan fingerprint density at radius 1 is 1.50 bits per heavy atom. The van der Waals surface area contributed by atoms with E-state index in [9.17, 15) is 9.18 Å². The number of hydrogen-bond acceptors (Lipinski definition) is 2. The number of nitrogens with one attached hydrogen (secondary N) is 1. The lowest BCUT2D eigenvalue weighted by Crippen LogP contribution is -2.12. The van der Waals surface area contributed by atoms with E-state index in [4.69, 9.17) is 4.74 Å². The van der Waals surface area contributed by atoms with Crippen molar-refractivity contribution in [2.75, 3.05) is 7.11 Å². The number of hydrogen-bond donors (Lipinski definition) is 1. The van der Waals surface area contributed by atoms with Crippen LogP contribution in [0.15, 0.2) is 18.2 Å². The monoisotopic (exact) mass is 196 g/mol. The van der Waals surface area contributed by atoms with Gasteiger partial charge in [-0.25, -0.2) is 4.39 Å². The lowest BCUT2D eigenvalue weighted by atomic mass is 10.1. The number of rotatable bonds is 5. The predicted molar refractivity (Wildman–Crippen MR) is 49.6 cm³/mol. The van der Waals surface area contributed by atoms with Gasteiger partial charge in [0.25, 0.3) is 0 Å². The Kier molecular flexibility index (Phi) is 4.07. The maximum Gasteiger partial charge on any atom is 0.309 e. The molecule has 0 saturated heterocycles. The highest BCUT2D eigenvalue weighted by Crippen LogP contribution is 2.12. The van der Waals surface area contributed by atoms with Crippen LogP contribution in [0.25, 0.3) is 0 Å². The fourth-order valence-corrected chi connectivity index (χ4v) is 1.19. The van der Waals surface area contributed by atoms with Crippen molar-refractivity contribution < 1.29 is 13.9 Å². The molecule has 0 fully saturated rings. The summed E-state index contributed by atoms with van der Waals surface area (Å²) in [4.78, 5) is 9.97. The van der Waals surface area contributed by atoms with E-state index in [0.717, 1.165) is 11.1 Å². The minimum absolute atomic E-state index is 0.309. The molecule has 75 valence electrons. The van der Waals surface area contributed by atoms with Gasteiger partial charge in [0.2, 0.25) is 0 Å². The van der Waals surface area contributed by atoms with Crippen molar-refractivity contribution in [2.45, 2.75) is 13.2 Å². The van der Waals surface area contributed by atoms with Crippen LogP contribution in [-0.4, -0.2) is 13.5 Å². The average molecular weight is 196 g/mol. The van der Waals surface area contributed by atoms with Gasteiger partial charge < -0.3 is 10.1 Å². The molecule has 1 aromatic rings. The van der Waals surface area contributed by atoms with Crippen LogP contribution < -0.4 is 5.32 Å². The summed E-state index contributed by atoms with van der Waals surface area (Å²) < 4.78 is 17.7. The van der Waals surface area contributed by atoms with Crippen molar-refractivity contribution in [3.63, 3.8) is 0 Å². The Balaban J connectivity index is 2.83. The summed E-state index contributed by atoms with van der Waals surface area (Å²) in [6, 6.07) is 4.36. The lowest BCUT2D eigenvalue weighted by molar-refractivity contribution is 0.183. The second-order valence-corrected chi connectivity index (χ2v) is 2.80. The largest absolute Gasteiger partial charge is 0.380 e. The molecule has 4 heteroatoms. The van der Waals surface area contributed by atoms with Gasteiger partial charge in [0.15, 0.2) is 0 Å². The van der Waals surface area contributed by atoms with Crippen LogP contribution in [-0.2, 0) is 22.7 Å². The quantitative estimate of drug-likeness (QED) is 0.717. The third-order valence-corrected chi connectivity index (χ3v) is 1.82. The van der Waals surface area contributed by atoms with E-state index in [1.165, 1.54) is 19.2 Å². The zero-order valence-corrected chi connectivity index (χ0v) is 7.84. The maximum atomic E-state index is 12.8. The molecule has 0 atom stereocenters. The van der Waals surface area contributed by atoms with Crippen molar-refractivity contribution in [3.05, 3.63) is 35.1 Å². The lowest BCUT2D eigenvalue weighted by Gasteiger charge is -2.07. The molecule has 0 aliphatic carbocycles. The highest BCUT2D eigenvalue weighted by molar-refractivity contribution is 5.47. The Labute approximate surface area is 81.9 Å². The van der Waals surface area contributed by atoms with Crippen molar-refractivity contribution in [2.24, 2.45) is 0 Å². The first-order chi connectivity index (χ1) is 6.77. The van der Waals surface area contributed by atoms with Crippen LogP contribution in [0.5, 0.6) is 0 Å². The van der Waals surface area contributed by atoms with E-state index in [0.29, 0.717) is 13.2 Å². The third-order valence-electron chi connectivity index (χ3n) is 1.82. The first-order valence-corrected chi connectivity index (χ1v) is 4.14. The molecule has 14 heavy (non-hydrogen) atoms. The summed E-state index contributed by atoms with van der Waals surface area (Å²) in [5, 5.41) is 2.40. The number of ether oxygens (including phenoxy) is 1. The van der Waals surface area contributed by atoms with Gasteiger partial charge in [-0.1, -0.05) is 6.07 Å². The summed E-state index contributed by atoms with van der Waals surface area (Å²) in [6.07, 6.45) is 1.57. The van der Waals surface area contributed by atoms with Gasteiger partial charge in [0.05, 0.1) is 6.61 Å². The fraction of sp³-hybridized carbons (Fsp3) is 0.300. The molecule has 0 unspecified atom stereocenters. The van der Waals surface area contributed by atoms with Crippen molar-refractivity contribution >= 4 is 6.41 Å². The molecule has 0 heterocycles. The molecule has 0 bridgehead atoms. The highest BCUT2D eigenvalue weighted by Gasteiger charge is 2.03. The van der Waals surface area contributed by atoms with Gasteiger partial charge in [-0.05, 0) is 23.3 Å². The Morgan fingerprint density at radius 3 is 2.93 bits per heavy atom. The number of amides is 1. The van der Waals surface area contributed by atoms with Gasteiger partial charge >= 0.3 is 6.41 Å². The summed E-state index contributed by atoms with van der Waals surface area (Å²) >= 11 is 0. The molecule has 0 saturated carbocycles. The Morgan fingerprint density at radius 2 is 2.29 bits per heavy atom. The topological polar surface area (TPSA) is 38.3 Å². The van der Waals surface area contributed by atoms with E-state index in [1.54, 1.807) is 12.5 Å². The van der Waals surface area contributed by atoms with Gasteiger partial charge in [-0.3, -0.25) is 4.79 Å².